The fourth-order valence-corrected chi connectivity index (χ4v) is 7.18. The molecule has 2 aliphatic carbocycles. The van der Waals surface area contributed by atoms with Crippen molar-refractivity contribution in [3.8, 4) is 0 Å². The minimum Gasteiger partial charge on any atom is -0.366 e. The number of rotatable bonds is 8. The van der Waals surface area contributed by atoms with E-state index in [0.29, 0.717) is 55.0 Å². The summed E-state index contributed by atoms with van der Waals surface area (Å²) in [4.78, 5) is 44.5. The second kappa shape index (κ2) is 10.4. The Bertz CT molecular complexity index is 1570. The molecule has 11 nitrogen and oxygen atoms in total. The number of primary amides is 2. The maximum atomic E-state index is 13.3. The molecule has 0 radical (unpaired) electrons. The van der Waals surface area contributed by atoms with Crippen LogP contribution in [0.4, 0.5) is 0 Å². The average molecular weight is 567 g/mol. The predicted octanol–water partition coefficient (Wildman–Crippen LogP) is 2.51. The SMILES string of the molecule is [C-]#[N+][C@@H]1C[C@@H]2C[C@@H]2N1C(=O)CC[C@@H](C)CC1(c2nnn(C)n2)c2ccc(C(N)=O)cc2CCc2cc(C(N)=O)ccc21. The molecule has 4 N–H and O–H groups in total. The Morgan fingerprint density at radius 1 is 1.05 bits per heavy atom. The maximum Gasteiger partial charge on any atom is 0.301 e. The molecule has 42 heavy (non-hydrogen) atoms. The zero-order valence-electron chi connectivity index (χ0n) is 23.8. The van der Waals surface area contributed by atoms with Crippen LogP contribution in [-0.4, -0.2) is 55.0 Å². The lowest BCUT2D eigenvalue weighted by Gasteiger charge is -2.36. The number of aromatic nitrogens is 4. The molecule has 0 bridgehead atoms. The van der Waals surface area contributed by atoms with Gasteiger partial charge in [0.1, 0.15) is 0 Å². The number of hydrogen-bond acceptors (Lipinski definition) is 6. The van der Waals surface area contributed by atoms with Gasteiger partial charge in [0.25, 0.3) is 0 Å². The molecule has 2 heterocycles. The molecule has 216 valence electrons. The molecule has 0 spiro atoms. The molecule has 3 aliphatic rings. The first-order valence-corrected chi connectivity index (χ1v) is 14.4. The molecule has 1 saturated carbocycles. The molecule has 3 aromatic rings. The summed E-state index contributed by atoms with van der Waals surface area (Å²) < 4.78 is 0. The van der Waals surface area contributed by atoms with Crippen molar-refractivity contribution >= 4 is 17.7 Å². The third-order valence-electron chi connectivity index (χ3n) is 9.27. The van der Waals surface area contributed by atoms with Gasteiger partial charge in [-0.05, 0) is 95.7 Å². The first-order valence-electron chi connectivity index (χ1n) is 14.4. The zero-order valence-corrected chi connectivity index (χ0v) is 23.8. The topological polar surface area (TPSA) is 154 Å². The zero-order chi connectivity index (χ0) is 29.8. The fraction of sp³-hybridized carbons (Fsp3) is 0.452. The molecule has 1 saturated heterocycles. The summed E-state index contributed by atoms with van der Waals surface area (Å²) in [7, 11) is 1.71. The lowest BCUT2D eigenvalue weighted by molar-refractivity contribution is -0.132. The Morgan fingerprint density at radius 2 is 1.67 bits per heavy atom. The number of piperidine rings is 1. The molecule has 6 rings (SSSR count). The van der Waals surface area contributed by atoms with E-state index in [1.807, 2.05) is 29.2 Å². The Hall–Kier alpha value is -4.59. The Balaban J connectivity index is 1.42. The summed E-state index contributed by atoms with van der Waals surface area (Å²) >= 11 is 0. The average Bonchev–Trinajstić information content (AvgIpc) is 3.46. The van der Waals surface area contributed by atoms with Crippen molar-refractivity contribution < 1.29 is 14.4 Å². The van der Waals surface area contributed by atoms with Crippen LogP contribution in [-0.2, 0) is 30.1 Å². The van der Waals surface area contributed by atoms with Gasteiger partial charge in [0.15, 0.2) is 5.82 Å². The number of carbonyl (C=O) groups is 3. The van der Waals surface area contributed by atoms with E-state index < -0.39 is 17.2 Å². The van der Waals surface area contributed by atoms with Crippen LogP contribution >= 0.6 is 0 Å². The van der Waals surface area contributed by atoms with Crippen LogP contribution in [0.25, 0.3) is 4.85 Å². The van der Waals surface area contributed by atoms with Crippen molar-refractivity contribution in [3.05, 3.63) is 87.0 Å². The van der Waals surface area contributed by atoms with E-state index in [4.69, 9.17) is 23.1 Å². The van der Waals surface area contributed by atoms with Crippen molar-refractivity contribution in [1.82, 2.24) is 25.1 Å². The molecule has 4 atom stereocenters. The van der Waals surface area contributed by atoms with Gasteiger partial charge in [-0.25, -0.2) is 6.57 Å². The quantitative estimate of drug-likeness (QED) is 0.399. The predicted molar refractivity (Wildman–Crippen MR) is 153 cm³/mol. The monoisotopic (exact) mass is 566 g/mol. The Labute approximate surface area is 244 Å². The van der Waals surface area contributed by atoms with Gasteiger partial charge in [-0.3, -0.25) is 24.1 Å². The van der Waals surface area contributed by atoms with Crippen LogP contribution in [0.15, 0.2) is 36.4 Å². The number of hydrogen-bond donors (Lipinski definition) is 2. The first-order chi connectivity index (χ1) is 20.1. The minimum atomic E-state index is -0.876. The highest BCUT2D eigenvalue weighted by molar-refractivity contribution is 5.94. The van der Waals surface area contributed by atoms with Gasteiger partial charge < -0.3 is 11.5 Å². The minimum absolute atomic E-state index is 0.0344. The van der Waals surface area contributed by atoms with E-state index in [0.717, 1.165) is 35.1 Å². The molecular weight excluding hydrogens is 532 g/mol. The maximum absolute atomic E-state index is 13.3. The van der Waals surface area contributed by atoms with Gasteiger partial charge in [0, 0.05) is 30.0 Å². The summed E-state index contributed by atoms with van der Waals surface area (Å²) in [6.07, 6.45) is 4.17. The van der Waals surface area contributed by atoms with Gasteiger partial charge >= 0.3 is 6.17 Å². The largest absolute Gasteiger partial charge is 0.366 e. The first kappa shape index (κ1) is 27.6. The third-order valence-corrected chi connectivity index (χ3v) is 9.27. The van der Waals surface area contributed by atoms with E-state index in [1.165, 1.54) is 4.80 Å². The lowest BCUT2D eigenvalue weighted by atomic mass is 9.66. The van der Waals surface area contributed by atoms with Gasteiger partial charge in [-0.15, -0.1) is 10.2 Å². The van der Waals surface area contributed by atoms with Crippen molar-refractivity contribution in [2.24, 2.45) is 30.4 Å². The van der Waals surface area contributed by atoms with Crippen LogP contribution in [0.2, 0.25) is 0 Å². The summed E-state index contributed by atoms with van der Waals surface area (Å²) in [6, 6.07) is 11.2. The number of nitrogens with zero attached hydrogens (tertiary/aromatic N) is 6. The molecule has 11 heteroatoms. The molecule has 1 aliphatic heterocycles. The summed E-state index contributed by atoms with van der Waals surface area (Å²) in [5.41, 5.74) is 15.0. The smallest absolute Gasteiger partial charge is 0.301 e. The number of aryl methyl sites for hydroxylation is 3. The lowest BCUT2D eigenvalue weighted by Crippen LogP contribution is -2.37. The third kappa shape index (κ3) is 4.61. The van der Waals surface area contributed by atoms with Gasteiger partial charge in [0.05, 0.1) is 12.5 Å². The van der Waals surface area contributed by atoms with Crippen LogP contribution < -0.4 is 11.5 Å². The fourth-order valence-electron chi connectivity index (χ4n) is 7.18. The highest BCUT2D eigenvalue weighted by Gasteiger charge is 2.57. The molecule has 3 amide bonds. The normalized spacial score (nSPS) is 22.2. The summed E-state index contributed by atoms with van der Waals surface area (Å²) in [5.74, 6) is 0.0303. The van der Waals surface area contributed by atoms with Crippen molar-refractivity contribution in [2.75, 3.05) is 0 Å². The van der Waals surface area contributed by atoms with Crippen LogP contribution in [0.3, 0.4) is 0 Å². The number of fused-ring (bicyclic) bond motifs is 3. The van der Waals surface area contributed by atoms with Crippen LogP contribution in [0, 0.1) is 18.4 Å². The van der Waals surface area contributed by atoms with E-state index in [9.17, 15) is 14.4 Å². The number of benzene rings is 2. The van der Waals surface area contributed by atoms with Crippen molar-refractivity contribution in [1.29, 1.82) is 0 Å². The highest BCUT2D eigenvalue weighted by Crippen LogP contribution is 2.50. The highest BCUT2D eigenvalue weighted by atomic mass is 16.2. The van der Waals surface area contributed by atoms with E-state index in [1.54, 1.807) is 19.2 Å². The van der Waals surface area contributed by atoms with Crippen molar-refractivity contribution in [3.63, 3.8) is 0 Å². The van der Waals surface area contributed by atoms with Crippen LogP contribution in [0.1, 0.15) is 87.8 Å². The van der Waals surface area contributed by atoms with E-state index in [-0.39, 0.29) is 24.0 Å². The van der Waals surface area contributed by atoms with Gasteiger partial charge in [-0.2, -0.15) is 4.80 Å². The van der Waals surface area contributed by atoms with E-state index >= 15 is 0 Å². The number of likely N-dealkylation sites (tertiary alicyclic amines) is 1. The molecular formula is C31H34N8O3. The second-order valence-electron chi connectivity index (χ2n) is 12.0. The number of carbonyl (C=O) groups excluding carboxylic acids is 3. The Kier molecular flexibility index (Phi) is 6.80. The second-order valence-corrected chi connectivity index (χ2v) is 12.0. The number of tetrazole rings is 1. The Morgan fingerprint density at radius 3 is 2.19 bits per heavy atom. The number of nitrogens with two attached hydrogens (primary N) is 2. The molecule has 2 aromatic carbocycles. The standard InChI is InChI=1S/C31H34N8O3/c1-17(4-11-27(40)39-25-14-22(25)15-26(39)34-2)16-31(30-35-37-38(3)36-30)23-9-7-20(28(32)41)12-18(23)5-6-19-13-21(29(33)42)8-10-24(19)31/h7-10,12-13,17,22,25-26H,4-6,11,14-16H2,1,3H3,(H2,32,41)(H2,33,42)/t17-,22+,25+,26+/m1/s1. The molecule has 0 unspecified atom stereocenters. The van der Waals surface area contributed by atoms with E-state index in [2.05, 4.69) is 22.1 Å². The van der Waals surface area contributed by atoms with Crippen LogP contribution in [0.5, 0.6) is 0 Å². The van der Waals surface area contributed by atoms with Gasteiger partial charge in [-0.1, -0.05) is 19.1 Å². The van der Waals surface area contributed by atoms with Gasteiger partial charge in [0.2, 0.25) is 17.7 Å². The molecule has 2 fully saturated rings. The molecule has 1 aromatic heterocycles. The number of amides is 3. The van der Waals surface area contributed by atoms with Crippen molar-refractivity contribution in [2.45, 2.75) is 69.5 Å². The summed E-state index contributed by atoms with van der Waals surface area (Å²) in [5, 5.41) is 13.4. The summed E-state index contributed by atoms with van der Waals surface area (Å²) in [6.45, 7) is 9.65.